The SMILES string of the molecule is CC1CCC(NC(=O)[C@H](Cc2ccc(OCc3ccccc3)cc2)NC(=O)C2CCC(CN)CC2)CC1. The van der Waals surface area contributed by atoms with E-state index in [1.807, 2.05) is 54.6 Å². The van der Waals surface area contributed by atoms with Gasteiger partial charge in [0.2, 0.25) is 11.8 Å². The lowest BCUT2D eigenvalue weighted by Crippen LogP contribution is -2.52. The highest BCUT2D eigenvalue weighted by Gasteiger charge is 2.30. The zero-order chi connectivity index (χ0) is 26.0. The second kappa shape index (κ2) is 13.6. The van der Waals surface area contributed by atoms with Crippen LogP contribution in [0.4, 0.5) is 0 Å². The monoisotopic (exact) mass is 505 g/mol. The summed E-state index contributed by atoms with van der Waals surface area (Å²) in [5, 5.41) is 6.35. The summed E-state index contributed by atoms with van der Waals surface area (Å²) in [7, 11) is 0. The molecule has 0 aromatic heterocycles. The van der Waals surface area contributed by atoms with Gasteiger partial charge in [0, 0.05) is 18.4 Å². The molecule has 0 heterocycles. The lowest BCUT2D eigenvalue weighted by molar-refractivity contribution is -0.132. The van der Waals surface area contributed by atoms with Gasteiger partial charge in [-0.2, -0.15) is 0 Å². The molecule has 0 unspecified atom stereocenters. The van der Waals surface area contributed by atoms with Crippen LogP contribution in [0.1, 0.15) is 69.4 Å². The summed E-state index contributed by atoms with van der Waals surface area (Å²) >= 11 is 0. The van der Waals surface area contributed by atoms with E-state index in [9.17, 15) is 9.59 Å². The van der Waals surface area contributed by atoms with E-state index < -0.39 is 6.04 Å². The van der Waals surface area contributed by atoms with E-state index in [-0.39, 0.29) is 23.8 Å². The largest absolute Gasteiger partial charge is 0.489 e. The Labute approximate surface area is 221 Å². The molecule has 2 fully saturated rings. The molecule has 2 amide bonds. The molecule has 37 heavy (non-hydrogen) atoms. The van der Waals surface area contributed by atoms with Gasteiger partial charge in [0.25, 0.3) is 0 Å². The highest BCUT2D eigenvalue weighted by atomic mass is 16.5. The highest BCUT2D eigenvalue weighted by molar-refractivity contribution is 5.89. The molecule has 6 nitrogen and oxygen atoms in total. The van der Waals surface area contributed by atoms with Crippen molar-refractivity contribution in [3.8, 4) is 5.75 Å². The van der Waals surface area contributed by atoms with Gasteiger partial charge >= 0.3 is 0 Å². The third kappa shape index (κ3) is 8.32. The van der Waals surface area contributed by atoms with Crippen LogP contribution in [0.25, 0.3) is 0 Å². The number of nitrogens with one attached hydrogen (secondary N) is 2. The lowest BCUT2D eigenvalue weighted by Gasteiger charge is -2.30. The predicted molar refractivity (Wildman–Crippen MR) is 147 cm³/mol. The van der Waals surface area contributed by atoms with Crippen LogP contribution in [-0.4, -0.2) is 30.4 Å². The minimum Gasteiger partial charge on any atom is -0.489 e. The maximum absolute atomic E-state index is 13.4. The van der Waals surface area contributed by atoms with Gasteiger partial charge in [0.05, 0.1) is 0 Å². The van der Waals surface area contributed by atoms with E-state index in [0.717, 1.165) is 74.2 Å². The third-order valence-electron chi connectivity index (χ3n) is 8.16. The average Bonchev–Trinajstić information content (AvgIpc) is 2.94. The summed E-state index contributed by atoms with van der Waals surface area (Å²) in [4.78, 5) is 26.5. The minimum absolute atomic E-state index is 0.00398. The summed E-state index contributed by atoms with van der Waals surface area (Å²) in [6.07, 6.45) is 8.39. The van der Waals surface area contributed by atoms with E-state index in [2.05, 4.69) is 17.6 Å². The van der Waals surface area contributed by atoms with Crippen molar-refractivity contribution < 1.29 is 14.3 Å². The summed E-state index contributed by atoms with van der Waals surface area (Å²) in [5.74, 6) is 1.89. The Morgan fingerprint density at radius 2 is 1.57 bits per heavy atom. The fourth-order valence-electron chi connectivity index (χ4n) is 5.56. The van der Waals surface area contributed by atoms with Crippen LogP contribution in [0.5, 0.6) is 5.75 Å². The van der Waals surface area contributed by atoms with Gasteiger partial charge in [0.1, 0.15) is 18.4 Å². The number of ether oxygens (including phenoxy) is 1. The molecule has 6 heteroatoms. The Kier molecular flexibility index (Phi) is 10.0. The summed E-state index contributed by atoms with van der Waals surface area (Å²) < 4.78 is 5.91. The van der Waals surface area contributed by atoms with Crippen LogP contribution in [0, 0.1) is 17.8 Å². The minimum atomic E-state index is -0.588. The van der Waals surface area contributed by atoms with Crippen molar-refractivity contribution in [2.24, 2.45) is 23.5 Å². The number of nitrogens with two attached hydrogens (primary N) is 1. The average molecular weight is 506 g/mol. The van der Waals surface area contributed by atoms with E-state index >= 15 is 0 Å². The topological polar surface area (TPSA) is 93.5 Å². The van der Waals surface area contributed by atoms with Gasteiger partial charge in [-0.25, -0.2) is 0 Å². The highest BCUT2D eigenvalue weighted by Crippen LogP contribution is 2.28. The molecular formula is C31H43N3O3. The molecule has 2 aromatic rings. The molecule has 0 saturated heterocycles. The van der Waals surface area contributed by atoms with Crippen LogP contribution in [0.2, 0.25) is 0 Å². The standard InChI is InChI=1S/C31H43N3O3/c1-22-7-15-27(16-8-22)33-31(36)29(34-30(35)26-13-9-24(20-32)10-14-26)19-23-11-17-28(18-12-23)37-21-25-5-3-2-4-6-25/h2-6,11-12,17-18,22,24,26-27,29H,7-10,13-16,19-21,32H2,1H3,(H,33,36)(H,34,35)/t22?,24?,26?,27?,29-/m0/s1. The summed E-state index contributed by atoms with van der Waals surface area (Å²) in [6, 6.07) is 17.5. The summed E-state index contributed by atoms with van der Waals surface area (Å²) in [5.41, 5.74) is 7.94. The molecule has 0 bridgehead atoms. The van der Waals surface area contributed by atoms with Crippen LogP contribution < -0.4 is 21.1 Å². The lowest BCUT2D eigenvalue weighted by atomic mass is 9.81. The van der Waals surface area contributed by atoms with Crippen molar-refractivity contribution in [1.82, 2.24) is 10.6 Å². The molecule has 0 spiro atoms. The van der Waals surface area contributed by atoms with E-state index in [1.54, 1.807) is 0 Å². The molecule has 0 aliphatic heterocycles. The maximum Gasteiger partial charge on any atom is 0.243 e. The fourth-order valence-corrected chi connectivity index (χ4v) is 5.56. The Balaban J connectivity index is 1.37. The molecule has 2 aromatic carbocycles. The van der Waals surface area contributed by atoms with Crippen LogP contribution >= 0.6 is 0 Å². The number of rotatable bonds is 10. The maximum atomic E-state index is 13.4. The van der Waals surface area contributed by atoms with Gasteiger partial charge in [0.15, 0.2) is 0 Å². The first-order valence-corrected chi connectivity index (χ1v) is 14.1. The first-order chi connectivity index (χ1) is 18.0. The number of carbonyl (C=O) groups is 2. The van der Waals surface area contributed by atoms with Crippen molar-refractivity contribution in [2.45, 2.75) is 83.4 Å². The molecule has 4 rings (SSSR count). The molecule has 4 N–H and O–H groups in total. The van der Waals surface area contributed by atoms with Gasteiger partial charge < -0.3 is 21.1 Å². The number of hydrogen-bond donors (Lipinski definition) is 3. The number of amides is 2. The van der Waals surface area contributed by atoms with Crippen LogP contribution in [-0.2, 0) is 22.6 Å². The van der Waals surface area contributed by atoms with Crippen LogP contribution in [0.3, 0.4) is 0 Å². The zero-order valence-corrected chi connectivity index (χ0v) is 22.2. The number of carbonyl (C=O) groups excluding carboxylic acids is 2. The Morgan fingerprint density at radius 3 is 2.22 bits per heavy atom. The molecule has 200 valence electrons. The molecular weight excluding hydrogens is 462 g/mol. The van der Waals surface area contributed by atoms with Gasteiger partial charge in [-0.3, -0.25) is 9.59 Å². The van der Waals surface area contributed by atoms with Crippen LogP contribution in [0.15, 0.2) is 54.6 Å². The fraction of sp³-hybridized carbons (Fsp3) is 0.548. The second-order valence-corrected chi connectivity index (χ2v) is 11.1. The third-order valence-corrected chi connectivity index (χ3v) is 8.16. The normalized spacial score (nSPS) is 24.6. The predicted octanol–water partition coefficient (Wildman–Crippen LogP) is 4.75. The zero-order valence-electron chi connectivity index (χ0n) is 22.2. The first-order valence-electron chi connectivity index (χ1n) is 14.1. The van der Waals surface area contributed by atoms with Gasteiger partial charge in [-0.15, -0.1) is 0 Å². The van der Waals surface area contributed by atoms with Gasteiger partial charge in [-0.05, 0) is 93.0 Å². The number of benzene rings is 2. The Morgan fingerprint density at radius 1 is 0.892 bits per heavy atom. The van der Waals surface area contributed by atoms with Crippen molar-refractivity contribution >= 4 is 11.8 Å². The second-order valence-electron chi connectivity index (χ2n) is 11.1. The molecule has 2 aliphatic rings. The number of hydrogen-bond acceptors (Lipinski definition) is 4. The van der Waals surface area contributed by atoms with Crippen molar-refractivity contribution in [3.05, 3.63) is 65.7 Å². The van der Waals surface area contributed by atoms with E-state index in [1.165, 1.54) is 0 Å². The Hall–Kier alpha value is -2.86. The van der Waals surface area contributed by atoms with E-state index in [0.29, 0.717) is 25.5 Å². The summed E-state index contributed by atoms with van der Waals surface area (Å²) in [6.45, 7) is 3.46. The van der Waals surface area contributed by atoms with Gasteiger partial charge in [-0.1, -0.05) is 49.4 Å². The Bertz CT molecular complexity index is 979. The smallest absolute Gasteiger partial charge is 0.243 e. The van der Waals surface area contributed by atoms with E-state index in [4.69, 9.17) is 10.5 Å². The van der Waals surface area contributed by atoms with Crippen molar-refractivity contribution in [3.63, 3.8) is 0 Å². The molecule has 0 radical (unpaired) electrons. The van der Waals surface area contributed by atoms with Crippen molar-refractivity contribution in [1.29, 1.82) is 0 Å². The molecule has 2 saturated carbocycles. The molecule has 2 aliphatic carbocycles. The first kappa shape index (κ1) is 27.2. The molecule has 1 atom stereocenters. The van der Waals surface area contributed by atoms with Crippen molar-refractivity contribution in [2.75, 3.05) is 6.54 Å². The quantitative estimate of drug-likeness (QED) is 0.434.